The first-order chi connectivity index (χ1) is 7.77. The second-order valence-electron chi connectivity index (χ2n) is 3.84. The molecule has 0 unspecified atom stereocenters. The molecule has 0 atom stereocenters. The van der Waals surface area contributed by atoms with Gasteiger partial charge in [-0.05, 0) is 12.0 Å². The Balaban J connectivity index is 0.00000256. The van der Waals surface area contributed by atoms with Crippen molar-refractivity contribution in [3.8, 4) is 0 Å². The summed E-state index contributed by atoms with van der Waals surface area (Å²) in [6.07, 6.45) is 1.41. The molecule has 0 fully saturated rings. The summed E-state index contributed by atoms with van der Waals surface area (Å²) in [5, 5.41) is 0. The molecule has 1 aromatic rings. The molecule has 0 aliphatic heterocycles. The van der Waals surface area contributed by atoms with E-state index in [2.05, 4.69) is 6.92 Å². The molecule has 0 radical (unpaired) electrons. The van der Waals surface area contributed by atoms with E-state index in [4.69, 9.17) is 5.73 Å². The third kappa shape index (κ3) is 5.71. The van der Waals surface area contributed by atoms with Gasteiger partial charge in [0.1, 0.15) is 0 Å². The summed E-state index contributed by atoms with van der Waals surface area (Å²) in [7, 11) is 0. The molecule has 0 aliphatic carbocycles. The summed E-state index contributed by atoms with van der Waals surface area (Å²) < 4.78 is 0. The van der Waals surface area contributed by atoms with Crippen molar-refractivity contribution in [3.05, 3.63) is 35.9 Å². The number of halogens is 1. The van der Waals surface area contributed by atoms with Crippen molar-refractivity contribution in [2.24, 2.45) is 5.73 Å². The molecule has 2 N–H and O–H groups in total. The number of hydrogen-bond acceptors (Lipinski definition) is 2. The van der Waals surface area contributed by atoms with Gasteiger partial charge in [0.2, 0.25) is 5.91 Å². The van der Waals surface area contributed by atoms with Crippen LogP contribution in [0.15, 0.2) is 30.3 Å². The molecule has 0 spiro atoms. The highest BCUT2D eigenvalue weighted by molar-refractivity contribution is 5.85. The largest absolute Gasteiger partial charge is 0.338 e. The van der Waals surface area contributed by atoms with Crippen molar-refractivity contribution in [2.45, 2.75) is 26.3 Å². The zero-order valence-corrected chi connectivity index (χ0v) is 11.1. The van der Waals surface area contributed by atoms with E-state index in [0.29, 0.717) is 19.5 Å². The molecular formula is C13H21ClN2O. The molecule has 1 amide bonds. The first kappa shape index (κ1) is 15.9. The van der Waals surface area contributed by atoms with Crippen LogP contribution in [-0.4, -0.2) is 23.9 Å². The molecule has 0 bridgehead atoms. The lowest BCUT2D eigenvalue weighted by Crippen LogP contribution is -2.32. The van der Waals surface area contributed by atoms with E-state index in [-0.39, 0.29) is 18.3 Å². The highest BCUT2D eigenvalue weighted by Crippen LogP contribution is 2.06. The summed E-state index contributed by atoms with van der Waals surface area (Å²) in [5.74, 6) is 0.146. The lowest BCUT2D eigenvalue weighted by Gasteiger charge is -2.22. The van der Waals surface area contributed by atoms with Gasteiger partial charge in [0.25, 0.3) is 0 Å². The third-order valence-corrected chi connectivity index (χ3v) is 2.42. The Morgan fingerprint density at radius 1 is 1.29 bits per heavy atom. The predicted octanol–water partition coefficient (Wildman–Crippen LogP) is 2.20. The number of carbonyl (C=O) groups is 1. The summed E-state index contributed by atoms with van der Waals surface area (Å²) in [4.78, 5) is 13.7. The van der Waals surface area contributed by atoms with Gasteiger partial charge in [-0.1, -0.05) is 37.3 Å². The normalized spacial score (nSPS) is 9.53. The molecule has 1 rings (SSSR count). The topological polar surface area (TPSA) is 46.3 Å². The average molecular weight is 257 g/mol. The molecule has 0 saturated heterocycles. The van der Waals surface area contributed by atoms with Crippen LogP contribution in [0.25, 0.3) is 0 Å². The van der Waals surface area contributed by atoms with Crippen LogP contribution in [0, 0.1) is 0 Å². The van der Waals surface area contributed by atoms with Gasteiger partial charge in [0.15, 0.2) is 0 Å². The summed E-state index contributed by atoms with van der Waals surface area (Å²) in [6, 6.07) is 10.0. The van der Waals surface area contributed by atoms with E-state index >= 15 is 0 Å². The van der Waals surface area contributed by atoms with Crippen LogP contribution in [0.3, 0.4) is 0 Å². The van der Waals surface area contributed by atoms with Crippen LogP contribution >= 0.6 is 12.4 Å². The zero-order chi connectivity index (χ0) is 11.8. The third-order valence-electron chi connectivity index (χ3n) is 2.42. The zero-order valence-electron chi connectivity index (χ0n) is 10.3. The van der Waals surface area contributed by atoms with Crippen molar-refractivity contribution >= 4 is 18.3 Å². The van der Waals surface area contributed by atoms with Crippen molar-refractivity contribution in [1.29, 1.82) is 0 Å². The second-order valence-corrected chi connectivity index (χ2v) is 3.84. The predicted molar refractivity (Wildman–Crippen MR) is 73.1 cm³/mol. The smallest absolute Gasteiger partial charge is 0.224 e. The van der Waals surface area contributed by atoms with E-state index in [9.17, 15) is 4.79 Å². The Morgan fingerprint density at radius 3 is 2.47 bits per heavy atom. The SMILES string of the molecule is CCCN(Cc1ccccc1)C(=O)CCN.Cl. The molecule has 4 heteroatoms. The summed E-state index contributed by atoms with van der Waals surface area (Å²) in [5.41, 5.74) is 6.58. The minimum atomic E-state index is 0. The summed E-state index contributed by atoms with van der Waals surface area (Å²) >= 11 is 0. The summed E-state index contributed by atoms with van der Waals surface area (Å²) in [6.45, 7) is 3.99. The quantitative estimate of drug-likeness (QED) is 0.848. The number of carbonyl (C=O) groups excluding carboxylic acids is 1. The maximum Gasteiger partial charge on any atom is 0.224 e. The number of hydrogen-bond donors (Lipinski definition) is 1. The van der Waals surface area contributed by atoms with Crippen LogP contribution in [0.4, 0.5) is 0 Å². The van der Waals surface area contributed by atoms with E-state index < -0.39 is 0 Å². The van der Waals surface area contributed by atoms with Gasteiger partial charge in [-0.3, -0.25) is 4.79 Å². The van der Waals surface area contributed by atoms with E-state index in [1.54, 1.807) is 0 Å². The number of benzene rings is 1. The first-order valence-corrected chi connectivity index (χ1v) is 5.79. The van der Waals surface area contributed by atoms with Gasteiger partial charge < -0.3 is 10.6 Å². The Hall–Kier alpha value is -1.06. The Kier molecular flexibility index (Phi) is 8.46. The van der Waals surface area contributed by atoms with Crippen molar-refractivity contribution in [1.82, 2.24) is 4.90 Å². The molecule has 96 valence electrons. The van der Waals surface area contributed by atoms with Crippen LogP contribution in [0.5, 0.6) is 0 Å². The maximum absolute atomic E-state index is 11.8. The van der Waals surface area contributed by atoms with E-state index in [0.717, 1.165) is 13.0 Å². The van der Waals surface area contributed by atoms with Crippen molar-refractivity contribution in [3.63, 3.8) is 0 Å². The van der Waals surface area contributed by atoms with Crippen LogP contribution in [0.2, 0.25) is 0 Å². The second kappa shape index (κ2) is 9.02. The van der Waals surface area contributed by atoms with Crippen molar-refractivity contribution in [2.75, 3.05) is 13.1 Å². The van der Waals surface area contributed by atoms with Crippen LogP contribution in [-0.2, 0) is 11.3 Å². The minimum Gasteiger partial charge on any atom is -0.338 e. The van der Waals surface area contributed by atoms with Gasteiger partial charge in [-0.2, -0.15) is 0 Å². The lowest BCUT2D eigenvalue weighted by atomic mass is 10.2. The molecule has 0 aromatic heterocycles. The van der Waals surface area contributed by atoms with Gasteiger partial charge in [-0.25, -0.2) is 0 Å². The number of rotatable bonds is 6. The first-order valence-electron chi connectivity index (χ1n) is 5.79. The Labute approximate surface area is 109 Å². The van der Waals surface area contributed by atoms with E-state index in [1.165, 1.54) is 5.56 Å². The van der Waals surface area contributed by atoms with Gasteiger partial charge in [-0.15, -0.1) is 12.4 Å². The van der Waals surface area contributed by atoms with Gasteiger partial charge >= 0.3 is 0 Å². The Bertz CT molecular complexity index is 316. The molecule has 3 nitrogen and oxygen atoms in total. The van der Waals surface area contributed by atoms with E-state index in [1.807, 2.05) is 35.2 Å². The molecule has 0 aliphatic rings. The van der Waals surface area contributed by atoms with Gasteiger partial charge in [0.05, 0.1) is 0 Å². The molecule has 0 saturated carbocycles. The standard InChI is InChI=1S/C13H20N2O.ClH/c1-2-10-15(13(16)8-9-14)11-12-6-4-3-5-7-12;/h3-7H,2,8-11,14H2,1H3;1H. The molecular weight excluding hydrogens is 236 g/mol. The fourth-order valence-corrected chi connectivity index (χ4v) is 1.65. The lowest BCUT2D eigenvalue weighted by molar-refractivity contribution is -0.131. The number of nitrogens with two attached hydrogens (primary N) is 1. The van der Waals surface area contributed by atoms with Crippen LogP contribution in [0.1, 0.15) is 25.3 Å². The highest BCUT2D eigenvalue weighted by Gasteiger charge is 2.11. The maximum atomic E-state index is 11.8. The highest BCUT2D eigenvalue weighted by atomic mass is 35.5. The monoisotopic (exact) mass is 256 g/mol. The number of amides is 1. The van der Waals surface area contributed by atoms with Crippen molar-refractivity contribution < 1.29 is 4.79 Å². The van der Waals surface area contributed by atoms with Gasteiger partial charge in [0, 0.05) is 26.1 Å². The Morgan fingerprint density at radius 2 is 1.94 bits per heavy atom. The molecule has 0 heterocycles. The number of nitrogens with zero attached hydrogens (tertiary/aromatic N) is 1. The van der Waals surface area contributed by atoms with Crippen LogP contribution < -0.4 is 5.73 Å². The molecule has 1 aromatic carbocycles. The minimum absolute atomic E-state index is 0. The average Bonchev–Trinajstić information content (AvgIpc) is 2.30. The fraction of sp³-hybridized carbons (Fsp3) is 0.462. The fourth-order valence-electron chi connectivity index (χ4n) is 1.65. The molecule has 17 heavy (non-hydrogen) atoms.